The van der Waals surface area contributed by atoms with Gasteiger partial charge in [-0.1, -0.05) is 27.7 Å². The zero-order valence-corrected chi connectivity index (χ0v) is 15.8. The molecule has 0 aromatic carbocycles. The highest BCUT2D eigenvalue weighted by atomic mass is 16.6. The molecular formula is C20H34O3. The standard InChI is InChI=1S/C20H34O3/c1-13(2)19-9-7-17(5,22-19)15(11-19)21-16-12-20(14(3)4)10-8-18(16,6)23-20/h13-16H,7-12H2,1-6H3. The van der Waals surface area contributed by atoms with Crippen LogP contribution in [0.3, 0.4) is 0 Å². The molecule has 4 aliphatic heterocycles. The Labute approximate surface area is 141 Å². The Morgan fingerprint density at radius 3 is 1.43 bits per heavy atom. The quantitative estimate of drug-likeness (QED) is 0.764. The van der Waals surface area contributed by atoms with E-state index in [-0.39, 0.29) is 34.6 Å². The van der Waals surface area contributed by atoms with Crippen LogP contribution in [0.25, 0.3) is 0 Å². The fraction of sp³-hybridized carbons (Fsp3) is 1.00. The maximum absolute atomic E-state index is 6.75. The minimum absolute atomic E-state index is 0.0501. The van der Waals surface area contributed by atoms with Gasteiger partial charge in [-0.15, -0.1) is 0 Å². The van der Waals surface area contributed by atoms with Crippen LogP contribution in [-0.2, 0) is 14.2 Å². The van der Waals surface area contributed by atoms with Crippen LogP contribution in [0.5, 0.6) is 0 Å². The second kappa shape index (κ2) is 4.74. The molecule has 4 fully saturated rings. The summed E-state index contributed by atoms with van der Waals surface area (Å²) in [6.45, 7) is 13.7. The first-order chi connectivity index (χ1) is 10.6. The molecule has 0 radical (unpaired) electrons. The summed E-state index contributed by atoms with van der Waals surface area (Å²) in [5.41, 5.74) is -0.0794. The highest BCUT2D eigenvalue weighted by Gasteiger charge is 2.65. The highest BCUT2D eigenvalue weighted by Crippen LogP contribution is 2.59. The monoisotopic (exact) mass is 322 g/mol. The number of hydrogen-bond donors (Lipinski definition) is 0. The van der Waals surface area contributed by atoms with Crippen molar-refractivity contribution in [3.05, 3.63) is 0 Å². The van der Waals surface area contributed by atoms with Crippen LogP contribution in [0.15, 0.2) is 0 Å². The minimum atomic E-state index is -0.0898. The van der Waals surface area contributed by atoms with Gasteiger partial charge < -0.3 is 14.2 Å². The fourth-order valence-corrected chi connectivity index (χ4v) is 5.72. The van der Waals surface area contributed by atoms with E-state index in [4.69, 9.17) is 14.2 Å². The zero-order valence-electron chi connectivity index (χ0n) is 15.8. The van der Waals surface area contributed by atoms with Crippen molar-refractivity contribution in [2.75, 3.05) is 0 Å². The lowest BCUT2D eigenvalue weighted by Crippen LogP contribution is -2.46. The van der Waals surface area contributed by atoms with E-state index < -0.39 is 0 Å². The summed E-state index contributed by atoms with van der Waals surface area (Å²) in [6.07, 6.45) is 7.22. The first kappa shape index (κ1) is 16.4. The van der Waals surface area contributed by atoms with E-state index >= 15 is 0 Å². The SMILES string of the molecule is CC(C)C12CCC(C)(O1)C(OC1CC3(C(C)C)CCC1(C)O3)C2. The predicted octanol–water partition coefficient (Wildman–Crippen LogP) is 4.48. The average molecular weight is 322 g/mol. The molecule has 6 unspecified atom stereocenters. The lowest BCUT2D eigenvalue weighted by Gasteiger charge is -2.38. The van der Waals surface area contributed by atoms with E-state index in [0.29, 0.717) is 11.8 Å². The van der Waals surface area contributed by atoms with Gasteiger partial charge in [-0.2, -0.15) is 0 Å². The Hall–Kier alpha value is -0.120. The molecule has 4 heterocycles. The van der Waals surface area contributed by atoms with Crippen molar-refractivity contribution in [2.45, 2.75) is 115 Å². The summed E-state index contributed by atoms with van der Waals surface area (Å²) < 4.78 is 19.8. The molecule has 0 aromatic heterocycles. The first-order valence-corrected chi connectivity index (χ1v) is 9.69. The van der Waals surface area contributed by atoms with Crippen molar-refractivity contribution < 1.29 is 14.2 Å². The number of ether oxygens (including phenoxy) is 3. The lowest BCUT2D eigenvalue weighted by atomic mass is 9.74. The number of rotatable bonds is 4. The molecule has 4 rings (SSSR count). The van der Waals surface area contributed by atoms with Crippen LogP contribution in [0, 0.1) is 11.8 Å². The van der Waals surface area contributed by atoms with Crippen molar-refractivity contribution in [1.29, 1.82) is 0 Å². The second-order valence-corrected chi connectivity index (χ2v) is 9.79. The molecule has 4 bridgehead atoms. The van der Waals surface area contributed by atoms with Gasteiger partial charge in [0.05, 0.1) is 34.6 Å². The van der Waals surface area contributed by atoms with E-state index in [1.807, 2.05) is 0 Å². The van der Waals surface area contributed by atoms with E-state index in [9.17, 15) is 0 Å². The molecule has 3 nitrogen and oxygen atoms in total. The van der Waals surface area contributed by atoms with Crippen LogP contribution in [0.2, 0.25) is 0 Å². The number of fused-ring (bicyclic) bond motifs is 4. The van der Waals surface area contributed by atoms with E-state index in [1.165, 1.54) is 12.8 Å². The van der Waals surface area contributed by atoms with Crippen molar-refractivity contribution in [3.8, 4) is 0 Å². The Morgan fingerprint density at radius 2 is 1.13 bits per heavy atom. The molecule has 23 heavy (non-hydrogen) atoms. The van der Waals surface area contributed by atoms with Gasteiger partial charge in [0.15, 0.2) is 0 Å². The average Bonchev–Trinajstić information content (AvgIpc) is 3.13. The summed E-state index contributed by atoms with van der Waals surface area (Å²) in [5, 5.41) is 0. The van der Waals surface area contributed by atoms with Crippen LogP contribution in [0.4, 0.5) is 0 Å². The summed E-state index contributed by atoms with van der Waals surface area (Å²) in [5.74, 6) is 1.12. The normalized spacial score (nSPS) is 54.8. The smallest absolute Gasteiger partial charge is 0.0925 e. The summed E-state index contributed by atoms with van der Waals surface area (Å²) in [4.78, 5) is 0. The molecule has 0 aromatic rings. The largest absolute Gasteiger partial charge is 0.369 e. The fourth-order valence-electron chi connectivity index (χ4n) is 5.72. The van der Waals surface area contributed by atoms with Crippen molar-refractivity contribution >= 4 is 0 Å². The summed E-state index contributed by atoms with van der Waals surface area (Å²) in [7, 11) is 0. The Balaban J connectivity index is 1.52. The molecule has 0 amide bonds. The van der Waals surface area contributed by atoms with Gasteiger partial charge in [0.1, 0.15) is 0 Å². The van der Waals surface area contributed by atoms with Gasteiger partial charge in [-0.05, 0) is 51.4 Å². The Morgan fingerprint density at radius 1 is 0.739 bits per heavy atom. The third-order valence-corrected chi connectivity index (χ3v) is 7.82. The third-order valence-electron chi connectivity index (χ3n) is 7.82. The zero-order chi connectivity index (χ0) is 16.7. The first-order valence-electron chi connectivity index (χ1n) is 9.69. The second-order valence-electron chi connectivity index (χ2n) is 9.79. The van der Waals surface area contributed by atoms with Gasteiger partial charge in [0.25, 0.3) is 0 Å². The van der Waals surface area contributed by atoms with E-state index in [2.05, 4.69) is 41.5 Å². The molecule has 0 N–H and O–H groups in total. The molecule has 132 valence electrons. The van der Waals surface area contributed by atoms with Crippen LogP contribution in [-0.4, -0.2) is 34.6 Å². The van der Waals surface area contributed by atoms with Crippen molar-refractivity contribution in [3.63, 3.8) is 0 Å². The molecule has 0 aliphatic carbocycles. The van der Waals surface area contributed by atoms with E-state index in [0.717, 1.165) is 25.7 Å². The Bertz CT molecular complexity index is 459. The predicted molar refractivity (Wildman–Crippen MR) is 90.5 cm³/mol. The summed E-state index contributed by atoms with van der Waals surface area (Å²) >= 11 is 0. The van der Waals surface area contributed by atoms with E-state index in [1.54, 1.807) is 0 Å². The molecule has 4 aliphatic rings. The van der Waals surface area contributed by atoms with Gasteiger partial charge >= 0.3 is 0 Å². The van der Waals surface area contributed by atoms with Gasteiger partial charge in [-0.25, -0.2) is 0 Å². The van der Waals surface area contributed by atoms with Crippen LogP contribution < -0.4 is 0 Å². The van der Waals surface area contributed by atoms with Gasteiger partial charge in [0, 0.05) is 12.8 Å². The molecule has 0 saturated carbocycles. The number of hydrogen-bond acceptors (Lipinski definition) is 3. The minimum Gasteiger partial charge on any atom is -0.369 e. The lowest BCUT2D eigenvalue weighted by molar-refractivity contribution is -0.141. The van der Waals surface area contributed by atoms with Crippen LogP contribution in [0.1, 0.15) is 80.1 Å². The molecule has 0 spiro atoms. The van der Waals surface area contributed by atoms with Crippen molar-refractivity contribution in [1.82, 2.24) is 0 Å². The molecule has 4 saturated heterocycles. The van der Waals surface area contributed by atoms with Crippen LogP contribution >= 0.6 is 0 Å². The molecular weight excluding hydrogens is 288 g/mol. The highest BCUT2D eigenvalue weighted by molar-refractivity contribution is 5.14. The summed E-state index contributed by atoms with van der Waals surface area (Å²) in [6, 6.07) is 0. The maximum atomic E-state index is 6.75. The van der Waals surface area contributed by atoms with Gasteiger partial charge in [-0.3, -0.25) is 0 Å². The third kappa shape index (κ3) is 2.12. The van der Waals surface area contributed by atoms with Crippen molar-refractivity contribution in [2.24, 2.45) is 11.8 Å². The molecule has 6 atom stereocenters. The maximum Gasteiger partial charge on any atom is 0.0925 e. The topological polar surface area (TPSA) is 27.7 Å². The molecule has 3 heteroatoms. The van der Waals surface area contributed by atoms with Gasteiger partial charge in [0.2, 0.25) is 0 Å². The Kier molecular flexibility index (Phi) is 3.37.